The lowest BCUT2D eigenvalue weighted by Crippen LogP contribution is -2.03. The van der Waals surface area contributed by atoms with Crippen LogP contribution in [0.2, 0.25) is 5.02 Å². The quantitative estimate of drug-likeness (QED) is 0.778. The second-order valence-corrected chi connectivity index (χ2v) is 5.64. The zero-order valence-corrected chi connectivity index (χ0v) is 11.8. The van der Waals surface area contributed by atoms with Gasteiger partial charge in [-0.3, -0.25) is 4.68 Å². The number of aryl methyl sites for hydroxylation is 1. The van der Waals surface area contributed by atoms with Gasteiger partial charge < -0.3 is 10.3 Å². The van der Waals surface area contributed by atoms with E-state index in [1.807, 2.05) is 25.6 Å². The maximum atomic E-state index is 6.31. The summed E-state index contributed by atoms with van der Waals surface area (Å²) in [6.45, 7) is 0. The number of H-pyrrole nitrogens is 1. The first-order valence-electron chi connectivity index (χ1n) is 6.63. The van der Waals surface area contributed by atoms with Crippen molar-refractivity contribution < 1.29 is 0 Å². The summed E-state index contributed by atoms with van der Waals surface area (Å²) in [5.74, 6) is 0. The van der Waals surface area contributed by atoms with Gasteiger partial charge in [0.2, 0.25) is 0 Å². The molecule has 20 heavy (non-hydrogen) atoms. The van der Waals surface area contributed by atoms with Crippen molar-refractivity contribution in [3.8, 4) is 11.1 Å². The second-order valence-electron chi connectivity index (χ2n) is 5.23. The molecule has 6 heteroatoms. The summed E-state index contributed by atoms with van der Waals surface area (Å²) in [4.78, 5) is 7.56. The first kappa shape index (κ1) is 11.8. The zero-order chi connectivity index (χ0) is 13.7. The van der Waals surface area contributed by atoms with Gasteiger partial charge in [0.15, 0.2) is 0 Å². The number of anilines is 1. The molecule has 0 atom stereocenters. The Morgan fingerprint density at radius 1 is 1.40 bits per heavy atom. The van der Waals surface area contributed by atoms with Crippen LogP contribution in [0.4, 0.5) is 5.69 Å². The fraction of sp³-hybridized carbons (Fsp3) is 0.286. The van der Waals surface area contributed by atoms with Crippen LogP contribution in [0.15, 0.2) is 24.8 Å². The van der Waals surface area contributed by atoms with E-state index in [0.29, 0.717) is 11.1 Å². The summed E-state index contributed by atoms with van der Waals surface area (Å²) in [6.07, 6.45) is 9.90. The van der Waals surface area contributed by atoms with Crippen LogP contribution in [0, 0.1) is 0 Å². The molecular formula is C14H14ClN5. The Bertz CT molecular complexity index is 784. The van der Waals surface area contributed by atoms with E-state index in [0.717, 1.165) is 27.8 Å². The Morgan fingerprint density at radius 3 is 2.95 bits per heavy atom. The van der Waals surface area contributed by atoms with Gasteiger partial charge in [-0.2, -0.15) is 5.10 Å². The molecular weight excluding hydrogens is 274 g/mol. The van der Waals surface area contributed by atoms with Crippen molar-refractivity contribution in [2.24, 2.45) is 7.05 Å². The van der Waals surface area contributed by atoms with Gasteiger partial charge in [-0.15, -0.1) is 0 Å². The van der Waals surface area contributed by atoms with Crippen molar-refractivity contribution in [3.05, 3.63) is 29.8 Å². The van der Waals surface area contributed by atoms with Crippen LogP contribution >= 0.6 is 11.6 Å². The first-order valence-corrected chi connectivity index (χ1v) is 7.01. The van der Waals surface area contributed by atoms with Gasteiger partial charge in [-0.1, -0.05) is 11.6 Å². The van der Waals surface area contributed by atoms with E-state index in [9.17, 15) is 0 Å². The Balaban J connectivity index is 1.96. The molecule has 0 unspecified atom stereocenters. The molecule has 0 radical (unpaired) electrons. The Morgan fingerprint density at radius 2 is 2.25 bits per heavy atom. The molecule has 1 aliphatic carbocycles. The van der Waals surface area contributed by atoms with E-state index in [2.05, 4.69) is 20.4 Å². The van der Waals surface area contributed by atoms with Gasteiger partial charge >= 0.3 is 0 Å². The number of nitrogens with zero attached hydrogens (tertiary/aromatic N) is 3. The Hall–Kier alpha value is -2.01. The van der Waals surface area contributed by atoms with E-state index >= 15 is 0 Å². The molecule has 4 rings (SSSR count). The standard InChI is InChI=1S/C14H14ClN5/c1-20-7-8(4-18-20)10-5-16-14-12(11(15)6-17-14)13(10)19-9-2-3-9/h4-7,9H,2-3H2,1H3,(H2,16,17,19). The number of fused-ring (bicyclic) bond motifs is 1. The van der Waals surface area contributed by atoms with E-state index in [1.54, 1.807) is 10.9 Å². The highest BCUT2D eigenvalue weighted by molar-refractivity contribution is 6.36. The van der Waals surface area contributed by atoms with Gasteiger partial charge in [-0.25, -0.2) is 4.98 Å². The molecule has 0 amide bonds. The highest BCUT2D eigenvalue weighted by Crippen LogP contribution is 2.39. The van der Waals surface area contributed by atoms with E-state index in [1.165, 1.54) is 12.8 Å². The third-order valence-electron chi connectivity index (χ3n) is 3.60. The molecule has 1 saturated carbocycles. The second kappa shape index (κ2) is 4.24. The van der Waals surface area contributed by atoms with Gasteiger partial charge in [0.1, 0.15) is 5.65 Å². The molecule has 2 N–H and O–H groups in total. The van der Waals surface area contributed by atoms with Crippen LogP contribution in [-0.2, 0) is 7.05 Å². The number of hydrogen-bond acceptors (Lipinski definition) is 3. The first-order chi connectivity index (χ1) is 9.72. The van der Waals surface area contributed by atoms with Crippen LogP contribution in [-0.4, -0.2) is 25.8 Å². The molecule has 3 aromatic rings. The molecule has 3 aromatic heterocycles. The summed E-state index contributed by atoms with van der Waals surface area (Å²) >= 11 is 6.31. The van der Waals surface area contributed by atoms with Crippen molar-refractivity contribution in [1.29, 1.82) is 0 Å². The SMILES string of the molecule is Cn1cc(-c2cnc3[nH]cc(Cl)c3c2NC2CC2)cn1. The topological polar surface area (TPSA) is 58.5 Å². The van der Waals surface area contributed by atoms with Crippen LogP contribution in [0.1, 0.15) is 12.8 Å². The molecule has 102 valence electrons. The predicted octanol–water partition coefficient (Wildman–Crippen LogP) is 3.19. The lowest BCUT2D eigenvalue weighted by Gasteiger charge is -2.11. The highest BCUT2D eigenvalue weighted by atomic mass is 35.5. The van der Waals surface area contributed by atoms with Crippen molar-refractivity contribution in [3.63, 3.8) is 0 Å². The molecule has 0 aromatic carbocycles. The number of halogens is 1. The lowest BCUT2D eigenvalue weighted by atomic mass is 10.1. The molecule has 0 aliphatic heterocycles. The summed E-state index contributed by atoms with van der Waals surface area (Å²) < 4.78 is 1.79. The van der Waals surface area contributed by atoms with Crippen LogP contribution < -0.4 is 5.32 Å². The zero-order valence-electron chi connectivity index (χ0n) is 11.0. The maximum absolute atomic E-state index is 6.31. The van der Waals surface area contributed by atoms with Gasteiger partial charge in [-0.05, 0) is 12.8 Å². The number of hydrogen-bond donors (Lipinski definition) is 2. The monoisotopic (exact) mass is 287 g/mol. The van der Waals surface area contributed by atoms with Gasteiger partial charge in [0.25, 0.3) is 0 Å². The van der Waals surface area contributed by atoms with Crippen molar-refractivity contribution >= 4 is 28.3 Å². The fourth-order valence-corrected chi connectivity index (χ4v) is 2.66. The smallest absolute Gasteiger partial charge is 0.140 e. The number of pyridine rings is 1. The molecule has 0 spiro atoms. The fourth-order valence-electron chi connectivity index (χ4n) is 2.42. The van der Waals surface area contributed by atoms with E-state index in [4.69, 9.17) is 11.6 Å². The minimum Gasteiger partial charge on any atom is -0.381 e. The molecule has 1 fully saturated rings. The minimum absolute atomic E-state index is 0.544. The number of aromatic amines is 1. The molecule has 3 heterocycles. The third kappa shape index (κ3) is 1.86. The summed E-state index contributed by atoms with van der Waals surface area (Å²) in [7, 11) is 1.91. The molecule has 5 nitrogen and oxygen atoms in total. The minimum atomic E-state index is 0.544. The average molecular weight is 288 g/mol. The molecule has 1 aliphatic rings. The normalized spacial score (nSPS) is 14.9. The molecule has 0 bridgehead atoms. The number of nitrogens with one attached hydrogen (secondary N) is 2. The lowest BCUT2D eigenvalue weighted by molar-refractivity contribution is 0.768. The maximum Gasteiger partial charge on any atom is 0.140 e. The van der Waals surface area contributed by atoms with Crippen LogP contribution in [0.5, 0.6) is 0 Å². The average Bonchev–Trinajstić information content (AvgIpc) is 3.02. The van der Waals surface area contributed by atoms with Crippen LogP contribution in [0.25, 0.3) is 22.2 Å². The van der Waals surface area contributed by atoms with Crippen LogP contribution in [0.3, 0.4) is 0 Å². The summed E-state index contributed by atoms with van der Waals surface area (Å²) in [5, 5.41) is 9.47. The highest BCUT2D eigenvalue weighted by Gasteiger charge is 2.25. The Kier molecular flexibility index (Phi) is 2.50. The third-order valence-corrected chi connectivity index (χ3v) is 3.89. The largest absolute Gasteiger partial charge is 0.381 e. The summed E-state index contributed by atoms with van der Waals surface area (Å²) in [6, 6.07) is 0.544. The van der Waals surface area contributed by atoms with Crippen molar-refractivity contribution in [2.45, 2.75) is 18.9 Å². The van der Waals surface area contributed by atoms with Gasteiger partial charge in [0.05, 0.1) is 22.3 Å². The number of aromatic nitrogens is 4. The van der Waals surface area contributed by atoms with Crippen molar-refractivity contribution in [2.75, 3.05) is 5.32 Å². The van der Waals surface area contributed by atoms with Crippen molar-refractivity contribution in [1.82, 2.24) is 19.7 Å². The number of rotatable bonds is 3. The van der Waals surface area contributed by atoms with E-state index in [-0.39, 0.29) is 0 Å². The summed E-state index contributed by atoms with van der Waals surface area (Å²) in [5.41, 5.74) is 3.95. The molecule has 0 saturated heterocycles. The predicted molar refractivity (Wildman–Crippen MR) is 80.0 cm³/mol. The van der Waals surface area contributed by atoms with E-state index < -0.39 is 0 Å². The van der Waals surface area contributed by atoms with Gasteiger partial charge in [0, 0.05) is 42.8 Å². The Labute approximate surface area is 121 Å².